The molecule has 6 atom stereocenters. The summed E-state index contributed by atoms with van der Waals surface area (Å²) in [6, 6.07) is 13.7. The third kappa shape index (κ3) is 2.99. The van der Waals surface area contributed by atoms with E-state index in [-0.39, 0.29) is 5.41 Å². The number of nitrogens with zero attached hydrogens (tertiary/aromatic N) is 1. The molecule has 4 aliphatic rings. The predicted molar refractivity (Wildman–Crippen MR) is 124 cm³/mol. The molecule has 31 heavy (non-hydrogen) atoms. The van der Waals surface area contributed by atoms with Gasteiger partial charge in [-0.15, -0.1) is 0 Å². The van der Waals surface area contributed by atoms with Crippen LogP contribution in [0.4, 0.5) is 0 Å². The van der Waals surface area contributed by atoms with Crippen molar-refractivity contribution in [3.63, 3.8) is 0 Å². The molecule has 164 valence electrons. The number of carbonyl (C=O) groups excluding carboxylic acids is 1. The summed E-state index contributed by atoms with van der Waals surface area (Å²) in [6.07, 6.45) is 10.2. The zero-order valence-corrected chi connectivity index (χ0v) is 19.5. The highest BCUT2D eigenvalue weighted by atomic mass is 16.1. The van der Waals surface area contributed by atoms with E-state index in [9.17, 15) is 10.1 Å². The highest BCUT2D eigenvalue weighted by molar-refractivity contribution is 5.81. The average molecular weight is 416 g/mol. The van der Waals surface area contributed by atoms with Crippen molar-refractivity contribution >= 4 is 5.78 Å². The van der Waals surface area contributed by atoms with Gasteiger partial charge in [-0.1, -0.05) is 62.2 Å². The fraction of sp³-hybridized carbons (Fsp3) is 0.655. The molecular formula is C29H37NO. The van der Waals surface area contributed by atoms with E-state index in [2.05, 4.69) is 57.2 Å². The lowest BCUT2D eigenvalue weighted by molar-refractivity contribution is -0.127. The fourth-order valence-electron chi connectivity index (χ4n) is 8.60. The minimum Gasteiger partial charge on any atom is -0.300 e. The lowest BCUT2D eigenvalue weighted by Crippen LogP contribution is -2.51. The molecule has 4 aliphatic carbocycles. The van der Waals surface area contributed by atoms with Crippen molar-refractivity contribution < 1.29 is 4.79 Å². The molecule has 0 saturated heterocycles. The van der Waals surface area contributed by atoms with Crippen molar-refractivity contribution in [3.05, 3.63) is 47.0 Å². The summed E-state index contributed by atoms with van der Waals surface area (Å²) in [4.78, 5) is 12.3. The van der Waals surface area contributed by atoms with Crippen LogP contribution in [0.5, 0.6) is 0 Å². The van der Waals surface area contributed by atoms with Crippen LogP contribution < -0.4 is 0 Å². The molecule has 0 bridgehead atoms. The van der Waals surface area contributed by atoms with Gasteiger partial charge in [0.25, 0.3) is 0 Å². The number of ketones is 1. The SMILES string of the molecule is C[C@H](Cc1ccccc1)[C@H]1CC[C@H]2C3=C(CC[C@]12C)[C@@]1(C)CCC(=O)CC1(C#N)CC3. The maximum atomic E-state index is 12.3. The Morgan fingerprint density at radius 1 is 1.06 bits per heavy atom. The average Bonchev–Trinajstić information content (AvgIpc) is 3.12. The Morgan fingerprint density at radius 2 is 1.84 bits per heavy atom. The fourth-order valence-corrected chi connectivity index (χ4v) is 8.60. The van der Waals surface area contributed by atoms with Crippen molar-refractivity contribution in [1.82, 2.24) is 0 Å². The second kappa shape index (κ2) is 7.33. The number of fused-ring (bicyclic) bond motifs is 4. The highest BCUT2D eigenvalue weighted by Gasteiger charge is 2.61. The van der Waals surface area contributed by atoms with Crippen LogP contribution in [0, 0.1) is 45.3 Å². The van der Waals surface area contributed by atoms with Gasteiger partial charge in [0.15, 0.2) is 0 Å². The molecule has 2 saturated carbocycles. The normalized spacial score (nSPS) is 40.5. The summed E-state index contributed by atoms with van der Waals surface area (Å²) < 4.78 is 0. The van der Waals surface area contributed by atoms with E-state index in [0.717, 1.165) is 31.6 Å². The van der Waals surface area contributed by atoms with Crippen LogP contribution in [0.3, 0.4) is 0 Å². The minimum atomic E-state index is -0.451. The molecule has 1 aromatic carbocycles. The number of carbonyl (C=O) groups is 1. The van der Waals surface area contributed by atoms with Gasteiger partial charge in [-0.25, -0.2) is 0 Å². The van der Waals surface area contributed by atoms with E-state index >= 15 is 0 Å². The first-order valence-corrected chi connectivity index (χ1v) is 12.5. The van der Waals surface area contributed by atoms with E-state index in [1.54, 1.807) is 11.1 Å². The number of nitriles is 1. The largest absolute Gasteiger partial charge is 0.300 e. The number of hydrogen-bond acceptors (Lipinski definition) is 2. The van der Waals surface area contributed by atoms with Gasteiger partial charge in [0, 0.05) is 18.3 Å². The summed E-state index contributed by atoms with van der Waals surface area (Å²) in [7, 11) is 0. The Morgan fingerprint density at radius 3 is 2.58 bits per heavy atom. The lowest BCUT2D eigenvalue weighted by atomic mass is 9.45. The third-order valence-electron chi connectivity index (χ3n) is 10.4. The van der Waals surface area contributed by atoms with Crippen LogP contribution in [0.25, 0.3) is 0 Å². The smallest absolute Gasteiger partial charge is 0.134 e. The van der Waals surface area contributed by atoms with Gasteiger partial charge in [-0.2, -0.15) is 5.26 Å². The Hall–Kier alpha value is -1.88. The first-order chi connectivity index (χ1) is 14.8. The first kappa shape index (κ1) is 21.0. The summed E-state index contributed by atoms with van der Waals surface area (Å²) in [5.74, 6) is 2.46. The molecule has 1 aromatic rings. The van der Waals surface area contributed by atoms with Crippen molar-refractivity contribution in [1.29, 1.82) is 5.26 Å². The van der Waals surface area contributed by atoms with E-state index in [1.165, 1.54) is 31.2 Å². The second-order valence-electron chi connectivity index (χ2n) is 11.7. The maximum absolute atomic E-state index is 12.3. The standard InChI is InChI=1S/C29H37NO/c1-20(17-21-7-5-4-6-8-21)24-9-10-25-23-12-16-29(19-30)18-22(31)11-15-28(29,3)26(23)13-14-27(24,25)2/h4-8,20,24-25H,9-18H2,1-3H3/t20-,24-,25+,27-,28-,29?/m1/s1. The summed E-state index contributed by atoms with van der Waals surface area (Å²) in [5, 5.41) is 10.2. The van der Waals surface area contributed by atoms with Crippen LogP contribution >= 0.6 is 0 Å². The minimum absolute atomic E-state index is 0.0850. The Kier molecular flexibility index (Phi) is 4.96. The molecule has 5 rings (SSSR count). The van der Waals surface area contributed by atoms with Crippen molar-refractivity contribution in [3.8, 4) is 6.07 Å². The molecular weight excluding hydrogens is 378 g/mol. The van der Waals surface area contributed by atoms with Gasteiger partial charge in [0.2, 0.25) is 0 Å². The molecule has 2 fully saturated rings. The Labute approximate surface area is 188 Å². The van der Waals surface area contributed by atoms with Crippen LogP contribution in [-0.2, 0) is 11.2 Å². The van der Waals surface area contributed by atoms with Gasteiger partial charge >= 0.3 is 0 Å². The molecule has 0 aromatic heterocycles. The van der Waals surface area contributed by atoms with Crippen LogP contribution in [0.2, 0.25) is 0 Å². The van der Waals surface area contributed by atoms with Gasteiger partial charge in [0.1, 0.15) is 5.78 Å². The number of benzene rings is 1. The quantitative estimate of drug-likeness (QED) is 0.496. The summed E-state index contributed by atoms with van der Waals surface area (Å²) in [5.41, 5.74) is 4.64. The van der Waals surface area contributed by atoms with Crippen LogP contribution in [-0.4, -0.2) is 5.78 Å². The number of rotatable bonds is 3. The number of hydrogen-bond donors (Lipinski definition) is 0. The molecule has 2 heteroatoms. The number of Topliss-reactive ketones (excluding diaryl/α,β-unsaturated/α-hetero) is 1. The van der Waals surface area contributed by atoms with Crippen molar-refractivity contribution in [2.75, 3.05) is 0 Å². The number of allylic oxidation sites excluding steroid dienone is 2. The zero-order chi connectivity index (χ0) is 21.9. The van der Waals surface area contributed by atoms with Gasteiger partial charge in [0.05, 0.1) is 11.5 Å². The van der Waals surface area contributed by atoms with E-state index in [1.807, 2.05) is 0 Å². The predicted octanol–water partition coefficient (Wildman–Crippen LogP) is 7.05. The molecule has 2 nitrogen and oxygen atoms in total. The van der Waals surface area contributed by atoms with Crippen molar-refractivity contribution in [2.45, 2.75) is 85.0 Å². The van der Waals surface area contributed by atoms with Crippen molar-refractivity contribution in [2.24, 2.45) is 34.0 Å². The Balaban J connectivity index is 1.45. The topological polar surface area (TPSA) is 40.9 Å². The first-order valence-electron chi connectivity index (χ1n) is 12.5. The summed E-state index contributed by atoms with van der Waals surface area (Å²) >= 11 is 0. The molecule has 0 N–H and O–H groups in total. The highest BCUT2D eigenvalue weighted by Crippen LogP contribution is 2.68. The molecule has 0 heterocycles. The van der Waals surface area contributed by atoms with Crippen LogP contribution in [0.1, 0.15) is 84.1 Å². The second-order valence-corrected chi connectivity index (χ2v) is 11.7. The molecule has 0 radical (unpaired) electrons. The third-order valence-corrected chi connectivity index (χ3v) is 10.4. The lowest BCUT2D eigenvalue weighted by Gasteiger charge is -2.57. The van der Waals surface area contributed by atoms with Gasteiger partial charge < -0.3 is 0 Å². The van der Waals surface area contributed by atoms with Gasteiger partial charge in [-0.05, 0) is 80.1 Å². The Bertz CT molecular complexity index is 955. The van der Waals surface area contributed by atoms with E-state index < -0.39 is 5.41 Å². The monoisotopic (exact) mass is 415 g/mol. The molecule has 0 spiro atoms. The van der Waals surface area contributed by atoms with Crippen LogP contribution in [0.15, 0.2) is 41.5 Å². The van der Waals surface area contributed by atoms with E-state index in [4.69, 9.17) is 0 Å². The summed E-state index contributed by atoms with van der Waals surface area (Å²) in [6.45, 7) is 7.40. The maximum Gasteiger partial charge on any atom is 0.134 e. The molecule has 1 unspecified atom stereocenters. The van der Waals surface area contributed by atoms with Gasteiger partial charge in [-0.3, -0.25) is 4.79 Å². The molecule has 0 aliphatic heterocycles. The van der Waals surface area contributed by atoms with E-state index in [0.29, 0.717) is 35.9 Å². The zero-order valence-electron chi connectivity index (χ0n) is 19.5. The molecule has 0 amide bonds.